The highest BCUT2D eigenvalue weighted by Gasteiger charge is 2.13. The van der Waals surface area contributed by atoms with E-state index in [1.165, 1.54) is 43.2 Å². The second kappa shape index (κ2) is 12.7. The minimum Gasteiger partial charge on any atom is -0.392 e. The molecule has 0 radical (unpaired) electrons. The zero-order valence-electron chi connectivity index (χ0n) is 16.3. The fraction of sp³-hybridized carbons (Fsp3) is 0.500. The van der Waals surface area contributed by atoms with Crippen LogP contribution in [-0.4, -0.2) is 22.7 Å². The van der Waals surface area contributed by atoms with Gasteiger partial charge in [-0.3, -0.25) is 4.90 Å². The Morgan fingerprint density at radius 1 is 0.731 bits per heavy atom. The third-order valence-corrected chi connectivity index (χ3v) is 4.86. The van der Waals surface area contributed by atoms with Crippen LogP contribution in [0.15, 0.2) is 60.7 Å². The molecule has 0 aliphatic heterocycles. The molecule has 142 valence electrons. The largest absolute Gasteiger partial charge is 0.392 e. The molecule has 26 heavy (non-hydrogen) atoms. The van der Waals surface area contributed by atoms with Gasteiger partial charge in [-0.25, -0.2) is 0 Å². The number of unbranched alkanes of at least 4 members (excludes halogenated alkanes) is 5. The second-order valence-corrected chi connectivity index (χ2v) is 7.35. The molecule has 2 rings (SSSR count). The van der Waals surface area contributed by atoms with Gasteiger partial charge in [0, 0.05) is 19.6 Å². The van der Waals surface area contributed by atoms with Crippen molar-refractivity contribution in [2.75, 3.05) is 6.54 Å². The molecule has 0 aromatic heterocycles. The molecule has 1 N–H and O–H groups in total. The van der Waals surface area contributed by atoms with E-state index < -0.39 is 0 Å². The molecule has 2 aromatic carbocycles. The molecule has 1 unspecified atom stereocenters. The Morgan fingerprint density at radius 2 is 1.23 bits per heavy atom. The summed E-state index contributed by atoms with van der Waals surface area (Å²) >= 11 is 0. The third kappa shape index (κ3) is 8.64. The summed E-state index contributed by atoms with van der Waals surface area (Å²) in [7, 11) is 0. The van der Waals surface area contributed by atoms with E-state index in [9.17, 15) is 5.11 Å². The average molecular weight is 354 g/mol. The normalized spacial score (nSPS) is 12.4. The minimum atomic E-state index is -0.242. The molecule has 1 atom stereocenters. The van der Waals surface area contributed by atoms with Crippen molar-refractivity contribution in [2.24, 2.45) is 0 Å². The summed E-state index contributed by atoms with van der Waals surface area (Å²) in [6.45, 7) is 4.74. The van der Waals surface area contributed by atoms with Gasteiger partial charge in [0.25, 0.3) is 0 Å². The van der Waals surface area contributed by atoms with Gasteiger partial charge in [-0.1, -0.05) is 106 Å². The molecule has 0 saturated carbocycles. The van der Waals surface area contributed by atoms with Crippen molar-refractivity contribution in [1.82, 2.24) is 4.90 Å². The Kier molecular flexibility index (Phi) is 10.1. The molecule has 0 heterocycles. The average Bonchev–Trinajstić information content (AvgIpc) is 2.66. The van der Waals surface area contributed by atoms with Crippen LogP contribution in [0, 0.1) is 0 Å². The first-order valence-corrected chi connectivity index (χ1v) is 10.3. The van der Waals surface area contributed by atoms with Crippen LogP contribution in [0.2, 0.25) is 0 Å². The van der Waals surface area contributed by atoms with Gasteiger partial charge in [-0.05, 0) is 17.5 Å². The van der Waals surface area contributed by atoms with Crippen LogP contribution in [0.3, 0.4) is 0 Å². The van der Waals surface area contributed by atoms with E-state index in [4.69, 9.17) is 0 Å². The van der Waals surface area contributed by atoms with Crippen LogP contribution in [0.1, 0.15) is 63.0 Å². The van der Waals surface area contributed by atoms with E-state index in [0.29, 0.717) is 0 Å². The fourth-order valence-corrected chi connectivity index (χ4v) is 3.42. The van der Waals surface area contributed by atoms with Gasteiger partial charge in [-0.2, -0.15) is 0 Å². The highest BCUT2D eigenvalue weighted by molar-refractivity contribution is 5.17. The fourth-order valence-electron chi connectivity index (χ4n) is 3.42. The number of aliphatic hydroxyl groups is 1. The summed E-state index contributed by atoms with van der Waals surface area (Å²) in [5.74, 6) is 0. The Balaban J connectivity index is 1.82. The summed E-state index contributed by atoms with van der Waals surface area (Å²) < 4.78 is 0. The van der Waals surface area contributed by atoms with Crippen LogP contribution < -0.4 is 0 Å². The minimum absolute atomic E-state index is 0.242. The lowest BCUT2D eigenvalue weighted by atomic mass is 10.1. The monoisotopic (exact) mass is 353 g/mol. The van der Waals surface area contributed by atoms with E-state index in [-0.39, 0.29) is 6.10 Å². The smallest absolute Gasteiger partial charge is 0.0667 e. The molecule has 0 bridgehead atoms. The highest BCUT2D eigenvalue weighted by Crippen LogP contribution is 2.14. The zero-order valence-corrected chi connectivity index (χ0v) is 16.3. The maximum absolute atomic E-state index is 10.5. The lowest BCUT2D eigenvalue weighted by molar-refractivity contribution is 0.0953. The van der Waals surface area contributed by atoms with E-state index in [0.717, 1.165) is 32.5 Å². The number of aliphatic hydroxyl groups excluding tert-OH is 1. The van der Waals surface area contributed by atoms with Crippen LogP contribution in [0.4, 0.5) is 0 Å². The summed E-state index contributed by atoms with van der Waals surface area (Å²) in [6.07, 6.45) is 8.31. The first kappa shape index (κ1) is 20.7. The Bertz CT molecular complexity index is 528. The number of hydrogen-bond donors (Lipinski definition) is 1. The molecular weight excluding hydrogens is 318 g/mol. The zero-order chi connectivity index (χ0) is 18.5. The van der Waals surface area contributed by atoms with Gasteiger partial charge in [0.15, 0.2) is 0 Å². The van der Waals surface area contributed by atoms with Gasteiger partial charge in [0.05, 0.1) is 6.10 Å². The highest BCUT2D eigenvalue weighted by atomic mass is 16.3. The van der Waals surface area contributed by atoms with Crippen LogP contribution in [-0.2, 0) is 13.1 Å². The summed E-state index contributed by atoms with van der Waals surface area (Å²) in [5.41, 5.74) is 2.60. The maximum Gasteiger partial charge on any atom is 0.0667 e. The standard InChI is InChI=1S/C24H35NO/c1-2-3-4-5-6-13-18-24(26)21-25(19-22-14-9-7-10-15-22)20-23-16-11-8-12-17-23/h7-12,14-17,24,26H,2-6,13,18-21H2,1H3. The number of rotatable bonds is 13. The predicted molar refractivity (Wildman–Crippen MR) is 111 cm³/mol. The van der Waals surface area contributed by atoms with Crippen molar-refractivity contribution in [3.63, 3.8) is 0 Å². The molecule has 0 aliphatic rings. The van der Waals surface area contributed by atoms with Crippen LogP contribution in [0.25, 0.3) is 0 Å². The van der Waals surface area contributed by atoms with Crippen molar-refractivity contribution in [2.45, 2.75) is 71.1 Å². The van der Waals surface area contributed by atoms with E-state index >= 15 is 0 Å². The molecule has 0 aliphatic carbocycles. The Hall–Kier alpha value is -1.64. The summed E-state index contributed by atoms with van der Waals surface area (Å²) in [5, 5.41) is 10.5. The van der Waals surface area contributed by atoms with Gasteiger partial charge in [0.2, 0.25) is 0 Å². The summed E-state index contributed by atoms with van der Waals surface area (Å²) in [4.78, 5) is 2.37. The summed E-state index contributed by atoms with van der Waals surface area (Å²) in [6, 6.07) is 21.1. The van der Waals surface area contributed by atoms with E-state index in [1.54, 1.807) is 0 Å². The van der Waals surface area contributed by atoms with Crippen molar-refractivity contribution in [1.29, 1.82) is 0 Å². The second-order valence-electron chi connectivity index (χ2n) is 7.35. The van der Waals surface area contributed by atoms with Gasteiger partial charge in [-0.15, -0.1) is 0 Å². The SMILES string of the molecule is CCCCCCCCC(O)CN(Cc1ccccc1)Cc1ccccc1. The van der Waals surface area contributed by atoms with E-state index in [1.807, 2.05) is 0 Å². The number of hydrogen-bond acceptors (Lipinski definition) is 2. The molecule has 0 amide bonds. The van der Waals surface area contributed by atoms with Crippen molar-refractivity contribution in [3.05, 3.63) is 71.8 Å². The molecule has 2 aromatic rings. The van der Waals surface area contributed by atoms with Crippen molar-refractivity contribution < 1.29 is 5.11 Å². The predicted octanol–water partition coefficient (Wildman–Crippen LogP) is 5.80. The van der Waals surface area contributed by atoms with Crippen LogP contribution >= 0.6 is 0 Å². The maximum atomic E-state index is 10.5. The first-order chi connectivity index (χ1) is 12.8. The molecule has 2 heteroatoms. The van der Waals surface area contributed by atoms with Crippen molar-refractivity contribution >= 4 is 0 Å². The van der Waals surface area contributed by atoms with Crippen LogP contribution in [0.5, 0.6) is 0 Å². The molecule has 2 nitrogen and oxygen atoms in total. The Labute approximate surface area is 159 Å². The van der Waals surface area contributed by atoms with Gasteiger partial charge >= 0.3 is 0 Å². The van der Waals surface area contributed by atoms with Crippen molar-refractivity contribution in [3.8, 4) is 0 Å². The quantitative estimate of drug-likeness (QED) is 0.460. The molecular formula is C24H35NO. The lowest BCUT2D eigenvalue weighted by Crippen LogP contribution is -2.31. The topological polar surface area (TPSA) is 23.5 Å². The molecule has 0 spiro atoms. The molecule has 0 fully saturated rings. The molecule has 0 saturated heterocycles. The lowest BCUT2D eigenvalue weighted by Gasteiger charge is -2.25. The first-order valence-electron chi connectivity index (χ1n) is 10.3. The van der Waals surface area contributed by atoms with E-state index in [2.05, 4.69) is 72.5 Å². The van der Waals surface area contributed by atoms with Gasteiger partial charge in [0.1, 0.15) is 0 Å². The number of benzene rings is 2. The number of nitrogens with zero attached hydrogens (tertiary/aromatic N) is 1. The Morgan fingerprint density at radius 3 is 1.77 bits per heavy atom. The van der Waals surface area contributed by atoms with Gasteiger partial charge < -0.3 is 5.11 Å². The third-order valence-electron chi connectivity index (χ3n) is 4.86.